The normalized spacial score (nSPS) is 31.4. The van der Waals surface area contributed by atoms with E-state index in [4.69, 9.17) is 0 Å². The summed E-state index contributed by atoms with van der Waals surface area (Å²) in [6.45, 7) is 12.0. The standard InChI is InChI=1S/C29H40N4O3/c1-28(2)10-22-11-29(3,17-28)18-32(22)16-24-27(36)25(34)9-21(30(24)4)15-31-12-19-8-20(14-31)23-6-5-7-26(35)33(23)13-19/h5-7,9,19-20,22,36H,8,10-18H2,1-4H3/t19-,20+,22+,29-/m1/s1. The summed E-state index contributed by atoms with van der Waals surface area (Å²) in [5.41, 5.74) is 3.29. The number of fused-ring (bicyclic) bond motifs is 6. The molecule has 1 aliphatic carbocycles. The Hall–Kier alpha value is -2.38. The van der Waals surface area contributed by atoms with Crippen molar-refractivity contribution < 1.29 is 5.11 Å². The first-order chi connectivity index (χ1) is 17.0. The van der Waals surface area contributed by atoms with E-state index in [-0.39, 0.29) is 16.7 Å². The predicted octanol–water partition coefficient (Wildman–Crippen LogP) is 3.27. The molecule has 0 unspecified atom stereocenters. The van der Waals surface area contributed by atoms with Crippen LogP contribution in [0.2, 0.25) is 0 Å². The summed E-state index contributed by atoms with van der Waals surface area (Å²) in [5, 5.41) is 10.8. The minimum absolute atomic E-state index is 0.101. The van der Waals surface area contributed by atoms with Crippen LogP contribution in [0.5, 0.6) is 5.75 Å². The maximum absolute atomic E-state index is 12.9. The summed E-state index contributed by atoms with van der Waals surface area (Å²) in [7, 11) is 2.00. The first-order valence-electron chi connectivity index (χ1n) is 13.6. The van der Waals surface area contributed by atoms with Gasteiger partial charge < -0.3 is 14.2 Å². The van der Waals surface area contributed by atoms with Gasteiger partial charge in [0.1, 0.15) is 0 Å². The van der Waals surface area contributed by atoms with Gasteiger partial charge in [-0.3, -0.25) is 19.4 Å². The Kier molecular flexibility index (Phi) is 5.54. The Morgan fingerprint density at radius 2 is 1.86 bits per heavy atom. The van der Waals surface area contributed by atoms with E-state index in [1.165, 1.54) is 12.8 Å². The molecule has 4 atom stereocenters. The number of pyridine rings is 2. The minimum atomic E-state index is -0.277. The predicted molar refractivity (Wildman–Crippen MR) is 140 cm³/mol. The lowest BCUT2D eigenvalue weighted by molar-refractivity contribution is 0.111. The number of hydrogen-bond acceptors (Lipinski definition) is 5. The summed E-state index contributed by atoms with van der Waals surface area (Å²) in [5.74, 6) is 0.682. The molecule has 1 N–H and O–H groups in total. The Balaban J connectivity index is 1.24. The molecule has 7 nitrogen and oxygen atoms in total. The highest BCUT2D eigenvalue weighted by Crippen LogP contribution is 2.52. The van der Waals surface area contributed by atoms with Gasteiger partial charge in [0.05, 0.1) is 5.69 Å². The van der Waals surface area contributed by atoms with Crippen molar-refractivity contribution in [3.63, 3.8) is 0 Å². The van der Waals surface area contributed by atoms with Gasteiger partial charge in [-0.15, -0.1) is 0 Å². The zero-order chi connectivity index (χ0) is 25.4. The molecule has 4 aliphatic rings. The monoisotopic (exact) mass is 492 g/mol. The number of nitrogens with zero attached hydrogens (tertiary/aromatic N) is 4. The second kappa shape index (κ2) is 8.32. The Morgan fingerprint density at radius 1 is 1.06 bits per heavy atom. The second-order valence-electron chi connectivity index (χ2n) is 13.4. The molecule has 0 aromatic carbocycles. The molecule has 6 rings (SSSR count). The highest BCUT2D eigenvalue weighted by atomic mass is 16.3. The van der Waals surface area contributed by atoms with E-state index in [0.717, 1.165) is 56.1 Å². The van der Waals surface area contributed by atoms with E-state index < -0.39 is 0 Å². The van der Waals surface area contributed by atoms with Gasteiger partial charge in [0.2, 0.25) is 5.43 Å². The molecule has 7 heteroatoms. The van der Waals surface area contributed by atoms with Crippen LogP contribution in [0, 0.1) is 16.7 Å². The van der Waals surface area contributed by atoms with Crippen molar-refractivity contribution in [3.8, 4) is 5.75 Å². The van der Waals surface area contributed by atoms with Crippen LogP contribution in [0.4, 0.5) is 0 Å². The van der Waals surface area contributed by atoms with Crippen LogP contribution >= 0.6 is 0 Å². The first-order valence-corrected chi connectivity index (χ1v) is 13.6. The largest absolute Gasteiger partial charge is 0.503 e. The van der Waals surface area contributed by atoms with Crippen LogP contribution in [0.25, 0.3) is 0 Å². The van der Waals surface area contributed by atoms with Crippen LogP contribution in [0.1, 0.15) is 69.5 Å². The topological polar surface area (TPSA) is 70.7 Å². The van der Waals surface area contributed by atoms with E-state index in [9.17, 15) is 14.7 Å². The third kappa shape index (κ3) is 4.14. The second-order valence-corrected chi connectivity index (χ2v) is 13.4. The summed E-state index contributed by atoms with van der Waals surface area (Å²) in [6, 6.07) is 7.74. The van der Waals surface area contributed by atoms with Crippen LogP contribution < -0.4 is 11.0 Å². The average Bonchev–Trinajstić information content (AvgIpc) is 3.03. The number of hydrogen-bond donors (Lipinski definition) is 1. The molecular weight excluding hydrogens is 452 g/mol. The summed E-state index contributed by atoms with van der Waals surface area (Å²) in [6.07, 6.45) is 4.71. The third-order valence-electron chi connectivity index (χ3n) is 9.46. The molecule has 36 heavy (non-hydrogen) atoms. The lowest BCUT2D eigenvalue weighted by Crippen LogP contribution is -2.47. The average molecular weight is 493 g/mol. The van der Waals surface area contributed by atoms with Crippen molar-refractivity contribution in [1.29, 1.82) is 0 Å². The summed E-state index contributed by atoms with van der Waals surface area (Å²) >= 11 is 0. The molecule has 194 valence electrons. The molecule has 0 radical (unpaired) electrons. The van der Waals surface area contributed by atoms with Gasteiger partial charge in [0.25, 0.3) is 5.56 Å². The molecule has 5 heterocycles. The van der Waals surface area contributed by atoms with Crippen molar-refractivity contribution in [2.75, 3.05) is 19.6 Å². The highest BCUT2D eigenvalue weighted by Gasteiger charge is 2.49. The Morgan fingerprint density at radius 3 is 2.67 bits per heavy atom. The fraction of sp³-hybridized carbons (Fsp3) is 0.655. The fourth-order valence-electron chi connectivity index (χ4n) is 8.43. The third-order valence-corrected chi connectivity index (χ3v) is 9.46. The number of rotatable bonds is 4. The van der Waals surface area contributed by atoms with Gasteiger partial charge in [0.15, 0.2) is 5.75 Å². The molecule has 1 saturated carbocycles. The summed E-state index contributed by atoms with van der Waals surface area (Å²) in [4.78, 5) is 30.2. The van der Waals surface area contributed by atoms with E-state index in [1.807, 2.05) is 17.7 Å². The molecule has 2 aromatic rings. The van der Waals surface area contributed by atoms with Gasteiger partial charge >= 0.3 is 0 Å². The number of aromatic hydroxyl groups is 1. The maximum Gasteiger partial charge on any atom is 0.250 e. The number of aromatic nitrogens is 2. The van der Waals surface area contributed by atoms with Gasteiger partial charge in [-0.1, -0.05) is 26.8 Å². The van der Waals surface area contributed by atoms with Gasteiger partial charge in [-0.25, -0.2) is 0 Å². The molecule has 3 fully saturated rings. The van der Waals surface area contributed by atoms with Crippen molar-refractivity contribution in [2.24, 2.45) is 23.8 Å². The zero-order valence-electron chi connectivity index (χ0n) is 22.2. The van der Waals surface area contributed by atoms with E-state index in [2.05, 4.69) is 41.2 Å². The Labute approximate surface area is 213 Å². The number of likely N-dealkylation sites (tertiary alicyclic amines) is 2. The van der Waals surface area contributed by atoms with Crippen molar-refractivity contribution in [1.82, 2.24) is 18.9 Å². The van der Waals surface area contributed by atoms with Crippen LogP contribution in [-0.2, 0) is 26.7 Å². The van der Waals surface area contributed by atoms with Crippen LogP contribution in [0.15, 0.2) is 33.9 Å². The first kappa shape index (κ1) is 24.0. The molecule has 3 aliphatic heterocycles. The molecule has 0 amide bonds. The van der Waals surface area contributed by atoms with Crippen LogP contribution in [0.3, 0.4) is 0 Å². The zero-order valence-corrected chi connectivity index (χ0v) is 22.2. The molecule has 4 bridgehead atoms. The fourth-order valence-corrected chi connectivity index (χ4v) is 8.43. The van der Waals surface area contributed by atoms with E-state index >= 15 is 0 Å². The van der Waals surface area contributed by atoms with Gasteiger partial charge in [0, 0.05) is 81.8 Å². The summed E-state index contributed by atoms with van der Waals surface area (Å²) < 4.78 is 4.02. The van der Waals surface area contributed by atoms with Gasteiger partial charge in [-0.2, -0.15) is 0 Å². The minimum Gasteiger partial charge on any atom is -0.503 e. The quantitative estimate of drug-likeness (QED) is 0.710. The Bertz CT molecular complexity index is 1310. The van der Waals surface area contributed by atoms with Crippen molar-refractivity contribution >= 4 is 0 Å². The maximum atomic E-state index is 12.9. The lowest BCUT2D eigenvalue weighted by atomic mass is 9.65. The van der Waals surface area contributed by atoms with E-state index in [1.54, 1.807) is 12.1 Å². The van der Waals surface area contributed by atoms with Crippen molar-refractivity contribution in [3.05, 3.63) is 61.9 Å². The van der Waals surface area contributed by atoms with Crippen molar-refractivity contribution in [2.45, 2.75) is 78.0 Å². The van der Waals surface area contributed by atoms with Crippen LogP contribution in [-0.4, -0.2) is 49.7 Å². The molecule has 0 spiro atoms. The lowest BCUT2D eigenvalue weighted by Gasteiger charge is -2.43. The molecular formula is C29H40N4O3. The SMILES string of the molecule is Cn1c(CN2C[C@H]3C[C@@H](C2)c2cccc(=O)n2C3)cc(=O)c(O)c1CN1C[C@]2(C)C[C@@H]1CC(C)(C)C2. The van der Waals surface area contributed by atoms with E-state index in [0.29, 0.717) is 41.8 Å². The molecule has 2 aromatic heterocycles. The number of piperidine rings is 1. The van der Waals surface area contributed by atoms with Gasteiger partial charge in [-0.05, 0) is 48.5 Å². The smallest absolute Gasteiger partial charge is 0.250 e. The highest BCUT2D eigenvalue weighted by molar-refractivity contribution is 5.30. The molecule has 2 saturated heterocycles.